The third-order valence-electron chi connectivity index (χ3n) is 4.23. The van der Waals surface area contributed by atoms with Crippen LogP contribution in [0.15, 0.2) is 23.0 Å². The van der Waals surface area contributed by atoms with Gasteiger partial charge >= 0.3 is 0 Å². The van der Waals surface area contributed by atoms with Crippen LogP contribution in [0.1, 0.15) is 29.5 Å². The maximum atomic E-state index is 12.2. The van der Waals surface area contributed by atoms with Gasteiger partial charge < -0.3 is 15.0 Å². The lowest BCUT2D eigenvalue weighted by Crippen LogP contribution is -2.28. The SMILES string of the molecule is Cc1ccc(C)c2[nH]c(=O)c(CNCC3CCCO3)cc12. The summed E-state index contributed by atoms with van der Waals surface area (Å²) in [6.45, 7) is 6.35. The van der Waals surface area contributed by atoms with Gasteiger partial charge in [-0.05, 0) is 43.9 Å². The van der Waals surface area contributed by atoms with Crippen molar-refractivity contribution in [3.63, 3.8) is 0 Å². The van der Waals surface area contributed by atoms with Gasteiger partial charge in [0, 0.05) is 30.6 Å². The summed E-state index contributed by atoms with van der Waals surface area (Å²) in [7, 11) is 0. The Morgan fingerprint density at radius 1 is 1.33 bits per heavy atom. The second kappa shape index (κ2) is 6.00. The molecule has 1 aromatic heterocycles. The predicted molar refractivity (Wildman–Crippen MR) is 84.7 cm³/mol. The highest BCUT2D eigenvalue weighted by molar-refractivity contribution is 5.85. The molecule has 1 aromatic carbocycles. The van der Waals surface area contributed by atoms with Crippen LogP contribution in [0.25, 0.3) is 10.9 Å². The Morgan fingerprint density at radius 2 is 2.14 bits per heavy atom. The second-order valence-corrected chi connectivity index (χ2v) is 5.88. The van der Waals surface area contributed by atoms with E-state index < -0.39 is 0 Å². The van der Waals surface area contributed by atoms with E-state index in [-0.39, 0.29) is 5.56 Å². The van der Waals surface area contributed by atoms with E-state index in [2.05, 4.69) is 23.3 Å². The van der Waals surface area contributed by atoms with Crippen LogP contribution in [0.2, 0.25) is 0 Å². The number of rotatable bonds is 4. The molecular weight excluding hydrogens is 264 g/mol. The van der Waals surface area contributed by atoms with E-state index in [0.29, 0.717) is 12.6 Å². The Hall–Kier alpha value is -1.65. The second-order valence-electron chi connectivity index (χ2n) is 5.88. The number of hydrogen-bond acceptors (Lipinski definition) is 3. The highest BCUT2D eigenvalue weighted by Crippen LogP contribution is 2.19. The molecule has 0 amide bonds. The molecule has 4 heteroatoms. The zero-order valence-electron chi connectivity index (χ0n) is 12.7. The molecule has 0 aliphatic carbocycles. The van der Waals surface area contributed by atoms with E-state index in [1.807, 2.05) is 19.1 Å². The molecule has 0 bridgehead atoms. The molecule has 21 heavy (non-hydrogen) atoms. The van der Waals surface area contributed by atoms with Gasteiger partial charge in [-0.15, -0.1) is 0 Å². The van der Waals surface area contributed by atoms with Crippen LogP contribution in [0.3, 0.4) is 0 Å². The lowest BCUT2D eigenvalue weighted by molar-refractivity contribution is 0.110. The first-order valence-corrected chi connectivity index (χ1v) is 7.59. The molecule has 0 saturated carbocycles. The number of aryl methyl sites for hydroxylation is 2. The van der Waals surface area contributed by atoms with Gasteiger partial charge in [-0.1, -0.05) is 12.1 Å². The monoisotopic (exact) mass is 286 g/mol. The molecule has 2 aromatic rings. The van der Waals surface area contributed by atoms with Crippen molar-refractivity contribution in [2.45, 2.75) is 39.3 Å². The Balaban J connectivity index is 1.80. The van der Waals surface area contributed by atoms with Crippen molar-refractivity contribution >= 4 is 10.9 Å². The molecule has 3 rings (SSSR count). The summed E-state index contributed by atoms with van der Waals surface area (Å²) >= 11 is 0. The molecule has 1 aliphatic rings. The van der Waals surface area contributed by atoms with Crippen LogP contribution in [-0.4, -0.2) is 24.2 Å². The zero-order chi connectivity index (χ0) is 14.8. The molecule has 4 nitrogen and oxygen atoms in total. The Morgan fingerprint density at radius 3 is 2.90 bits per heavy atom. The molecule has 1 unspecified atom stereocenters. The first kappa shape index (κ1) is 14.3. The number of nitrogens with one attached hydrogen (secondary N) is 2. The summed E-state index contributed by atoms with van der Waals surface area (Å²) < 4.78 is 5.58. The van der Waals surface area contributed by atoms with Gasteiger partial charge in [0.1, 0.15) is 0 Å². The fourth-order valence-corrected chi connectivity index (χ4v) is 2.92. The number of aromatic amines is 1. The van der Waals surface area contributed by atoms with Gasteiger partial charge in [0.25, 0.3) is 5.56 Å². The lowest BCUT2D eigenvalue weighted by atomic mass is 10.0. The minimum absolute atomic E-state index is 0.00367. The van der Waals surface area contributed by atoms with E-state index in [0.717, 1.165) is 48.0 Å². The highest BCUT2D eigenvalue weighted by Gasteiger charge is 2.15. The minimum atomic E-state index is -0.00367. The third-order valence-corrected chi connectivity index (χ3v) is 4.23. The predicted octanol–water partition coefficient (Wildman–Crippen LogP) is 2.41. The number of benzene rings is 1. The van der Waals surface area contributed by atoms with E-state index in [4.69, 9.17) is 4.74 Å². The smallest absolute Gasteiger partial charge is 0.252 e. The van der Waals surface area contributed by atoms with Gasteiger partial charge in [-0.2, -0.15) is 0 Å². The molecule has 2 N–H and O–H groups in total. The first-order valence-electron chi connectivity index (χ1n) is 7.59. The Kier molecular flexibility index (Phi) is 4.08. The highest BCUT2D eigenvalue weighted by atomic mass is 16.5. The number of hydrogen-bond donors (Lipinski definition) is 2. The maximum absolute atomic E-state index is 12.2. The molecule has 1 aliphatic heterocycles. The van der Waals surface area contributed by atoms with Gasteiger partial charge in [0.2, 0.25) is 0 Å². The average Bonchev–Trinajstić information content (AvgIpc) is 2.97. The summed E-state index contributed by atoms with van der Waals surface area (Å²) in [5.41, 5.74) is 4.02. The molecule has 112 valence electrons. The summed E-state index contributed by atoms with van der Waals surface area (Å²) in [5, 5.41) is 4.47. The van der Waals surface area contributed by atoms with E-state index >= 15 is 0 Å². The minimum Gasteiger partial charge on any atom is -0.377 e. The van der Waals surface area contributed by atoms with Gasteiger partial charge in [-0.3, -0.25) is 4.79 Å². The van der Waals surface area contributed by atoms with E-state index in [9.17, 15) is 4.79 Å². The Bertz CT molecular complexity index is 700. The summed E-state index contributed by atoms with van der Waals surface area (Å²) in [4.78, 5) is 15.2. The lowest BCUT2D eigenvalue weighted by Gasteiger charge is -2.11. The number of ether oxygens (including phenoxy) is 1. The fourth-order valence-electron chi connectivity index (χ4n) is 2.92. The summed E-state index contributed by atoms with van der Waals surface area (Å²) in [6, 6.07) is 6.15. The maximum Gasteiger partial charge on any atom is 0.252 e. The zero-order valence-corrected chi connectivity index (χ0v) is 12.7. The van der Waals surface area contributed by atoms with Crippen molar-refractivity contribution in [3.8, 4) is 0 Å². The average molecular weight is 286 g/mol. The molecule has 1 atom stereocenters. The van der Waals surface area contributed by atoms with E-state index in [1.54, 1.807) is 0 Å². The number of H-pyrrole nitrogens is 1. The molecule has 1 saturated heterocycles. The molecule has 0 spiro atoms. The van der Waals surface area contributed by atoms with Crippen LogP contribution in [0, 0.1) is 13.8 Å². The standard InChI is InChI=1S/C17H22N2O2/c1-11-5-6-12(2)16-15(11)8-13(17(20)19-16)9-18-10-14-4-3-7-21-14/h5-6,8,14,18H,3-4,7,9-10H2,1-2H3,(H,19,20). The van der Waals surface area contributed by atoms with Gasteiger partial charge in [0.15, 0.2) is 0 Å². The van der Waals surface area contributed by atoms with Crippen molar-refractivity contribution in [1.29, 1.82) is 0 Å². The van der Waals surface area contributed by atoms with Crippen molar-refractivity contribution in [2.75, 3.05) is 13.2 Å². The molecule has 0 radical (unpaired) electrons. The molecule has 1 fully saturated rings. The van der Waals surface area contributed by atoms with Gasteiger partial charge in [-0.25, -0.2) is 0 Å². The van der Waals surface area contributed by atoms with Crippen LogP contribution in [0.5, 0.6) is 0 Å². The van der Waals surface area contributed by atoms with Crippen LogP contribution < -0.4 is 10.9 Å². The molecule has 2 heterocycles. The fraction of sp³-hybridized carbons (Fsp3) is 0.471. The first-order chi connectivity index (χ1) is 10.1. The van der Waals surface area contributed by atoms with Gasteiger partial charge in [0.05, 0.1) is 11.6 Å². The van der Waals surface area contributed by atoms with Crippen molar-refractivity contribution in [3.05, 3.63) is 45.2 Å². The van der Waals surface area contributed by atoms with Crippen LogP contribution >= 0.6 is 0 Å². The van der Waals surface area contributed by atoms with Crippen LogP contribution in [-0.2, 0) is 11.3 Å². The summed E-state index contributed by atoms with van der Waals surface area (Å²) in [5.74, 6) is 0. The van der Waals surface area contributed by atoms with Crippen LogP contribution in [0.4, 0.5) is 0 Å². The largest absolute Gasteiger partial charge is 0.377 e. The van der Waals surface area contributed by atoms with Crippen molar-refractivity contribution < 1.29 is 4.74 Å². The third kappa shape index (κ3) is 3.01. The Labute approximate surface area is 124 Å². The topological polar surface area (TPSA) is 54.1 Å². The number of pyridine rings is 1. The number of fused-ring (bicyclic) bond motifs is 1. The summed E-state index contributed by atoms with van der Waals surface area (Å²) in [6.07, 6.45) is 2.55. The van der Waals surface area contributed by atoms with Crippen molar-refractivity contribution in [1.82, 2.24) is 10.3 Å². The normalized spacial score (nSPS) is 18.5. The van der Waals surface area contributed by atoms with Crippen molar-refractivity contribution in [2.24, 2.45) is 0 Å². The quantitative estimate of drug-likeness (QED) is 0.907. The molecular formula is C17H22N2O2. The van der Waals surface area contributed by atoms with E-state index in [1.165, 1.54) is 5.56 Å². The number of aromatic nitrogens is 1.